The van der Waals surface area contributed by atoms with Crippen molar-refractivity contribution >= 4 is 16.7 Å². The summed E-state index contributed by atoms with van der Waals surface area (Å²) in [5, 5.41) is 12.3. The Labute approximate surface area is 162 Å². The number of fused-ring (bicyclic) bond motifs is 1. The largest absolute Gasteiger partial charge is 0.377 e. The molecule has 0 saturated carbocycles. The summed E-state index contributed by atoms with van der Waals surface area (Å²) in [6.07, 6.45) is 3.52. The zero-order valence-electron chi connectivity index (χ0n) is 15.8. The molecule has 4 aromatic rings. The minimum Gasteiger partial charge on any atom is -0.377 e. The monoisotopic (exact) mass is 375 g/mol. The maximum Gasteiger partial charge on any atom is 0.180 e. The summed E-state index contributed by atoms with van der Waals surface area (Å²) in [5.41, 5.74) is 3.85. The molecule has 1 aliphatic rings. The van der Waals surface area contributed by atoms with Gasteiger partial charge < -0.3 is 9.64 Å². The van der Waals surface area contributed by atoms with Crippen LogP contribution in [0.1, 0.15) is 6.92 Å². The fourth-order valence-electron chi connectivity index (χ4n) is 3.69. The van der Waals surface area contributed by atoms with Gasteiger partial charge in [-0.15, -0.1) is 0 Å². The number of aryl methyl sites for hydroxylation is 1. The average Bonchev–Trinajstić information content (AvgIpc) is 3.39. The average molecular weight is 375 g/mol. The van der Waals surface area contributed by atoms with E-state index in [9.17, 15) is 0 Å². The number of morpholine rings is 1. The number of nitrogens with one attached hydrogen (secondary N) is 1. The van der Waals surface area contributed by atoms with Gasteiger partial charge in [-0.1, -0.05) is 6.07 Å². The normalized spacial score (nSPS) is 17.4. The van der Waals surface area contributed by atoms with Crippen molar-refractivity contribution < 1.29 is 4.74 Å². The molecule has 1 N–H and O–H groups in total. The van der Waals surface area contributed by atoms with Gasteiger partial charge in [-0.3, -0.25) is 9.78 Å². The molecule has 1 saturated heterocycles. The predicted molar refractivity (Wildman–Crippen MR) is 107 cm³/mol. The van der Waals surface area contributed by atoms with E-state index in [-0.39, 0.29) is 6.04 Å². The molecule has 8 nitrogen and oxygen atoms in total. The lowest BCUT2D eigenvalue weighted by Gasteiger charge is -2.35. The number of benzene rings is 1. The highest BCUT2D eigenvalue weighted by Crippen LogP contribution is 2.32. The Morgan fingerprint density at radius 1 is 1.14 bits per heavy atom. The highest BCUT2D eigenvalue weighted by atomic mass is 16.5. The fraction of sp³-hybridized carbons (Fsp3) is 0.300. The molecule has 0 amide bonds. The molecule has 0 aliphatic carbocycles. The molecule has 0 bridgehead atoms. The second-order valence-corrected chi connectivity index (χ2v) is 7.03. The van der Waals surface area contributed by atoms with Gasteiger partial charge in [-0.2, -0.15) is 10.2 Å². The maximum atomic E-state index is 5.63. The summed E-state index contributed by atoms with van der Waals surface area (Å²) in [4.78, 5) is 12.0. The van der Waals surface area contributed by atoms with Crippen LogP contribution in [0.25, 0.3) is 33.7 Å². The third-order valence-electron chi connectivity index (χ3n) is 5.17. The summed E-state index contributed by atoms with van der Waals surface area (Å²) >= 11 is 0. The van der Waals surface area contributed by atoms with E-state index in [0.29, 0.717) is 19.0 Å². The summed E-state index contributed by atoms with van der Waals surface area (Å²) in [6.45, 7) is 4.34. The molecular formula is C20H21N7O. The lowest BCUT2D eigenvalue weighted by Crippen LogP contribution is -2.44. The number of anilines is 1. The highest BCUT2D eigenvalue weighted by molar-refractivity contribution is 5.94. The molecule has 8 heteroatoms. The number of hydrogen-bond donors (Lipinski definition) is 1. The first-order chi connectivity index (χ1) is 13.7. The van der Waals surface area contributed by atoms with Gasteiger partial charge in [0.2, 0.25) is 0 Å². The SMILES string of the molecule is C[C@@H]1COCCN1c1nc(-c2ccn[nH]2)nc2ccc(-c3ccnn3C)cc12. The van der Waals surface area contributed by atoms with Gasteiger partial charge >= 0.3 is 0 Å². The van der Waals surface area contributed by atoms with Crippen molar-refractivity contribution in [2.24, 2.45) is 7.05 Å². The number of ether oxygens (including phenoxy) is 1. The topological polar surface area (TPSA) is 84.8 Å². The van der Waals surface area contributed by atoms with Crippen LogP contribution in [0.2, 0.25) is 0 Å². The summed E-state index contributed by atoms with van der Waals surface area (Å²) in [7, 11) is 1.95. The first kappa shape index (κ1) is 16.9. The quantitative estimate of drug-likeness (QED) is 0.593. The molecule has 1 fully saturated rings. The van der Waals surface area contributed by atoms with Gasteiger partial charge in [0, 0.05) is 36.9 Å². The Bertz CT molecular complexity index is 1120. The van der Waals surface area contributed by atoms with Crippen LogP contribution >= 0.6 is 0 Å². The van der Waals surface area contributed by atoms with Crippen molar-refractivity contribution in [2.75, 3.05) is 24.7 Å². The van der Waals surface area contributed by atoms with Gasteiger partial charge in [0.1, 0.15) is 11.5 Å². The maximum absolute atomic E-state index is 5.63. The predicted octanol–water partition coefficient (Wildman–Crippen LogP) is 2.65. The zero-order valence-corrected chi connectivity index (χ0v) is 15.8. The van der Waals surface area contributed by atoms with Crippen LogP contribution in [-0.2, 0) is 11.8 Å². The number of nitrogens with zero attached hydrogens (tertiary/aromatic N) is 6. The van der Waals surface area contributed by atoms with Gasteiger partial charge in [0.25, 0.3) is 0 Å². The summed E-state index contributed by atoms with van der Waals surface area (Å²) < 4.78 is 7.51. The zero-order chi connectivity index (χ0) is 19.1. The van der Waals surface area contributed by atoms with Crippen molar-refractivity contribution in [3.8, 4) is 22.8 Å². The molecule has 142 valence electrons. The Hall–Kier alpha value is -3.26. The molecule has 0 radical (unpaired) electrons. The van der Waals surface area contributed by atoms with E-state index in [1.807, 2.05) is 36.1 Å². The number of aromatic nitrogens is 6. The standard InChI is InChI=1S/C20H21N7O/c1-13-12-28-10-9-27(13)20-15-11-14(18-6-8-22-26(18)2)3-4-16(15)23-19(24-20)17-5-7-21-25-17/h3-8,11,13H,9-10,12H2,1-2H3,(H,21,25)/t13-/m1/s1. The van der Waals surface area contributed by atoms with Crippen LogP contribution in [0.4, 0.5) is 5.82 Å². The Kier molecular flexibility index (Phi) is 4.05. The van der Waals surface area contributed by atoms with Gasteiger partial charge in [0.05, 0.1) is 30.5 Å². The second-order valence-electron chi connectivity index (χ2n) is 7.03. The first-order valence-electron chi connectivity index (χ1n) is 9.35. The van der Waals surface area contributed by atoms with Crippen molar-refractivity contribution in [1.82, 2.24) is 29.9 Å². The Morgan fingerprint density at radius 3 is 2.82 bits per heavy atom. The first-order valence-corrected chi connectivity index (χ1v) is 9.35. The van der Waals surface area contributed by atoms with Crippen molar-refractivity contribution in [3.05, 3.63) is 42.7 Å². The Morgan fingerprint density at radius 2 is 2.07 bits per heavy atom. The highest BCUT2D eigenvalue weighted by Gasteiger charge is 2.24. The number of hydrogen-bond acceptors (Lipinski definition) is 6. The van der Waals surface area contributed by atoms with E-state index < -0.39 is 0 Å². The molecule has 0 spiro atoms. The van der Waals surface area contributed by atoms with Gasteiger partial charge in [0.15, 0.2) is 5.82 Å². The molecular weight excluding hydrogens is 354 g/mol. The fourth-order valence-corrected chi connectivity index (χ4v) is 3.69. The minimum absolute atomic E-state index is 0.238. The summed E-state index contributed by atoms with van der Waals surface area (Å²) in [6, 6.07) is 10.4. The smallest absolute Gasteiger partial charge is 0.180 e. The Balaban J connectivity index is 1.73. The second kappa shape index (κ2) is 6.72. The lowest BCUT2D eigenvalue weighted by molar-refractivity contribution is 0.0987. The van der Waals surface area contributed by atoms with Crippen molar-refractivity contribution in [1.29, 1.82) is 0 Å². The lowest BCUT2D eigenvalue weighted by atomic mass is 10.1. The van der Waals surface area contributed by atoms with E-state index in [1.165, 1.54) is 0 Å². The summed E-state index contributed by atoms with van der Waals surface area (Å²) in [5.74, 6) is 1.57. The van der Waals surface area contributed by atoms with Crippen molar-refractivity contribution in [2.45, 2.75) is 13.0 Å². The molecule has 1 atom stereocenters. The van der Waals surface area contributed by atoms with E-state index in [2.05, 4.69) is 39.3 Å². The third kappa shape index (κ3) is 2.82. The van der Waals surface area contributed by atoms with Crippen molar-refractivity contribution in [3.63, 3.8) is 0 Å². The third-order valence-corrected chi connectivity index (χ3v) is 5.17. The molecule has 1 aromatic carbocycles. The van der Waals surface area contributed by atoms with Crippen LogP contribution in [0.5, 0.6) is 0 Å². The molecule has 0 unspecified atom stereocenters. The van der Waals surface area contributed by atoms with Crippen LogP contribution in [-0.4, -0.2) is 55.7 Å². The van der Waals surface area contributed by atoms with E-state index >= 15 is 0 Å². The number of aromatic amines is 1. The number of H-pyrrole nitrogens is 1. The van der Waals surface area contributed by atoms with Crippen LogP contribution < -0.4 is 4.90 Å². The molecule has 4 heterocycles. The van der Waals surface area contributed by atoms with Crippen LogP contribution in [0.3, 0.4) is 0 Å². The van der Waals surface area contributed by atoms with Gasteiger partial charge in [-0.25, -0.2) is 9.97 Å². The molecule has 3 aromatic heterocycles. The molecule has 1 aliphatic heterocycles. The van der Waals surface area contributed by atoms with E-state index in [4.69, 9.17) is 14.7 Å². The van der Waals surface area contributed by atoms with E-state index in [1.54, 1.807) is 6.20 Å². The van der Waals surface area contributed by atoms with Crippen LogP contribution in [0.15, 0.2) is 42.7 Å². The molecule has 5 rings (SSSR count). The molecule has 28 heavy (non-hydrogen) atoms. The van der Waals surface area contributed by atoms with Crippen LogP contribution in [0, 0.1) is 0 Å². The minimum atomic E-state index is 0.238. The number of rotatable bonds is 3. The van der Waals surface area contributed by atoms with E-state index in [0.717, 1.165) is 40.2 Å². The van der Waals surface area contributed by atoms with Gasteiger partial charge in [-0.05, 0) is 31.2 Å².